The minimum atomic E-state index is -0.226. The SMILES string of the molecule is Cc1ccc(Cn2nc(C)c(C(=O)NC(C)c3ccccc3Br)c2Cl)cc1. The smallest absolute Gasteiger partial charge is 0.256 e. The van der Waals surface area contributed by atoms with Gasteiger partial charge in [-0.05, 0) is 38.0 Å². The van der Waals surface area contributed by atoms with E-state index in [1.54, 1.807) is 11.6 Å². The Bertz CT molecular complexity index is 966. The lowest BCUT2D eigenvalue weighted by molar-refractivity contribution is 0.0939. The number of halogens is 2. The van der Waals surface area contributed by atoms with E-state index in [1.165, 1.54) is 5.56 Å². The standard InChI is InChI=1S/C21H21BrClN3O/c1-13-8-10-16(11-9-13)12-26-20(23)19(15(3)25-26)21(27)24-14(2)17-6-4-5-7-18(17)22/h4-11,14H,12H2,1-3H3,(H,24,27). The van der Waals surface area contributed by atoms with E-state index in [4.69, 9.17) is 11.6 Å². The van der Waals surface area contributed by atoms with Crippen molar-refractivity contribution < 1.29 is 4.79 Å². The highest BCUT2D eigenvalue weighted by atomic mass is 79.9. The molecule has 1 aromatic heterocycles. The molecule has 0 aliphatic heterocycles. The van der Waals surface area contributed by atoms with Crippen molar-refractivity contribution in [2.24, 2.45) is 0 Å². The van der Waals surface area contributed by atoms with Crippen LogP contribution in [0.2, 0.25) is 5.15 Å². The van der Waals surface area contributed by atoms with E-state index in [9.17, 15) is 4.79 Å². The summed E-state index contributed by atoms with van der Waals surface area (Å²) in [6.07, 6.45) is 0. The average molecular weight is 447 g/mol. The number of hydrogen-bond donors (Lipinski definition) is 1. The number of carbonyl (C=O) groups excluding carboxylic acids is 1. The molecule has 3 aromatic rings. The van der Waals surface area contributed by atoms with Gasteiger partial charge in [0.1, 0.15) is 5.15 Å². The average Bonchev–Trinajstić information content (AvgIpc) is 2.90. The Kier molecular flexibility index (Phi) is 6.02. The number of aromatic nitrogens is 2. The first-order valence-corrected chi connectivity index (χ1v) is 9.87. The Morgan fingerprint density at radius 1 is 1.19 bits per heavy atom. The number of aryl methyl sites for hydroxylation is 2. The van der Waals surface area contributed by atoms with Crippen LogP contribution in [0.4, 0.5) is 0 Å². The first-order chi connectivity index (χ1) is 12.9. The zero-order valence-electron chi connectivity index (χ0n) is 15.5. The Hall–Kier alpha value is -2.11. The lowest BCUT2D eigenvalue weighted by atomic mass is 10.1. The van der Waals surface area contributed by atoms with Crippen LogP contribution < -0.4 is 5.32 Å². The fourth-order valence-electron chi connectivity index (χ4n) is 2.96. The molecule has 6 heteroatoms. The van der Waals surface area contributed by atoms with Gasteiger partial charge >= 0.3 is 0 Å². The van der Waals surface area contributed by atoms with Gasteiger partial charge in [-0.15, -0.1) is 0 Å². The van der Waals surface area contributed by atoms with Gasteiger partial charge < -0.3 is 5.32 Å². The number of hydrogen-bond acceptors (Lipinski definition) is 2. The third-order valence-corrected chi connectivity index (χ3v) is 5.57. The van der Waals surface area contributed by atoms with Crippen molar-refractivity contribution in [3.63, 3.8) is 0 Å². The van der Waals surface area contributed by atoms with Crippen molar-refractivity contribution in [2.75, 3.05) is 0 Å². The van der Waals surface area contributed by atoms with E-state index in [0.29, 0.717) is 23.0 Å². The van der Waals surface area contributed by atoms with Gasteiger partial charge in [-0.25, -0.2) is 4.68 Å². The Labute approximate surface area is 172 Å². The number of benzene rings is 2. The largest absolute Gasteiger partial charge is 0.345 e. The predicted octanol–water partition coefficient (Wildman–Crippen LogP) is 5.46. The fraction of sp³-hybridized carbons (Fsp3) is 0.238. The summed E-state index contributed by atoms with van der Waals surface area (Å²) >= 11 is 10.0. The summed E-state index contributed by atoms with van der Waals surface area (Å²) in [4.78, 5) is 12.8. The van der Waals surface area contributed by atoms with Crippen molar-refractivity contribution in [2.45, 2.75) is 33.4 Å². The van der Waals surface area contributed by atoms with Crippen molar-refractivity contribution in [3.05, 3.63) is 86.1 Å². The normalized spacial score (nSPS) is 12.0. The van der Waals surface area contributed by atoms with Crippen LogP contribution in [0.15, 0.2) is 53.0 Å². The Morgan fingerprint density at radius 3 is 2.52 bits per heavy atom. The molecule has 0 saturated heterocycles. The topological polar surface area (TPSA) is 46.9 Å². The van der Waals surface area contributed by atoms with E-state index in [2.05, 4.69) is 26.3 Å². The Morgan fingerprint density at radius 2 is 1.85 bits per heavy atom. The zero-order chi connectivity index (χ0) is 19.6. The maximum Gasteiger partial charge on any atom is 0.256 e. The van der Waals surface area contributed by atoms with Gasteiger partial charge in [0.15, 0.2) is 0 Å². The molecule has 1 unspecified atom stereocenters. The molecule has 0 radical (unpaired) electrons. The summed E-state index contributed by atoms with van der Waals surface area (Å²) in [6, 6.07) is 15.8. The van der Waals surface area contributed by atoms with Crippen LogP contribution in [-0.4, -0.2) is 15.7 Å². The van der Waals surface area contributed by atoms with Crippen LogP contribution in [0.25, 0.3) is 0 Å². The second kappa shape index (κ2) is 8.28. The molecule has 27 heavy (non-hydrogen) atoms. The first-order valence-electron chi connectivity index (χ1n) is 8.70. The van der Waals surface area contributed by atoms with Crippen LogP contribution in [0, 0.1) is 13.8 Å². The molecule has 0 aliphatic carbocycles. The van der Waals surface area contributed by atoms with Crippen LogP contribution in [0.3, 0.4) is 0 Å². The van der Waals surface area contributed by atoms with Gasteiger partial charge in [-0.1, -0.05) is 75.6 Å². The van der Waals surface area contributed by atoms with E-state index in [-0.39, 0.29) is 11.9 Å². The quantitative estimate of drug-likeness (QED) is 0.566. The van der Waals surface area contributed by atoms with Crippen LogP contribution in [-0.2, 0) is 6.54 Å². The molecule has 0 fully saturated rings. The molecular formula is C21H21BrClN3O. The molecule has 2 aromatic carbocycles. The second-order valence-corrected chi connectivity index (χ2v) is 7.82. The fourth-order valence-corrected chi connectivity index (χ4v) is 3.90. The summed E-state index contributed by atoms with van der Waals surface area (Å²) in [6.45, 7) is 6.31. The molecule has 0 aliphatic rings. The van der Waals surface area contributed by atoms with E-state index < -0.39 is 0 Å². The second-order valence-electron chi connectivity index (χ2n) is 6.61. The Balaban J connectivity index is 1.80. The van der Waals surface area contributed by atoms with Gasteiger partial charge in [-0.3, -0.25) is 4.79 Å². The number of carbonyl (C=O) groups is 1. The van der Waals surface area contributed by atoms with Crippen LogP contribution >= 0.6 is 27.5 Å². The number of nitrogens with one attached hydrogen (secondary N) is 1. The van der Waals surface area contributed by atoms with E-state index >= 15 is 0 Å². The van der Waals surface area contributed by atoms with Crippen molar-refractivity contribution in [1.29, 1.82) is 0 Å². The molecule has 0 saturated carbocycles. The molecule has 4 nitrogen and oxygen atoms in total. The van der Waals surface area contributed by atoms with Crippen molar-refractivity contribution in [3.8, 4) is 0 Å². The lowest BCUT2D eigenvalue weighted by Gasteiger charge is -2.15. The van der Waals surface area contributed by atoms with Crippen LogP contribution in [0.5, 0.6) is 0 Å². The minimum absolute atomic E-state index is 0.163. The van der Waals surface area contributed by atoms with Gasteiger partial charge in [0.2, 0.25) is 0 Å². The maximum absolute atomic E-state index is 12.8. The third kappa shape index (κ3) is 4.42. The van der Waals surface area contributed by atoms with Gasteiger partial charge in [0.05, 0.1) is 23.8 Å². The summed E-state index contributed by atoms with van der Waals surface area (Å²) in [7, 11) is 0. The highest BCUT2D eigenvalue weighted by Crippen LogP contribution is 2.25. The molecule has 1 amide bonds. The molecule has 3 rings (SSSR count). The molecule has 140 valence electrons. The highest BCUT2D eigenvalue weighted by Gasteiger charge is 2.22. The molecule has 1 atom stereocenters. The molecule has 1 N–H and O–H groups in total. The third-order valence-electron chi connectivity index (χ3n) is 4.46. The van der Waals surface area contributed by atoms with Gasteiger partial charge in [-0.2, -0.15) is 5.10 Å². The summed E-state index contributed by atoms with van der Waals surface area (Å²) in [5.41, 5.74) is 4.32. The summed E-state index contributed by atoms with van der Waals surface area (Å²) < 4.78 is 2.62. The van der Waals surface area contributed by atoms with E-state index in [1.807, 2.05) is 62.4 Å². The number of rotatable bonds is 5. The zero-order valence-corrected chi connectivity index (χ0v) is 17.8. The van der Waals surface area contributed by atoms with Gasteiger partial charge in [0.25, 0.3) is 5.91 Å². The van der Waals surface area contributed by atoms with Crippen molar-refractivity contribution >= 4 is 33.4 Å². The minimum Gasteiger partial charge on any atom is -0.345 e. The maximum atomic E-state index is 12.8. The lowest BCUT2D eigenvalue weighted by Crippen LogP contribution is -2.27. The number of nitrogens with zero attached hydrogens (tertiary/aromatic N) is 2. The monoisotopic (exact) mass is 445 g/mol. The van der Waals surface area contributed by atoms with Gasteiger partial charge in [0, 0.05) is 4.47 Å². The van der Waals surface area contributed by atoms with Crippen molar-refractivity contribution in [1.82, 2.24) is 15.1 Å². The van der Waals surface area contributed by atoms with Crippen LogP contribution in [0.1, 0.15) is 45.7 Å². The number of amides is 1. The molecule has 0 spiro atoms. The predicted molar refractivity (Wildman–Crippen MR) is 112 cm³/mol. The molecular weight excluding hydrogens is 426 g/mol. The van der Waals surface area contributed by atoms with E-state index in [0.717, 1.165) is 15.6 Å². The molecule has 1 heterocycles. The summed E-state index contributed by atoms with van der Waals surface area (Å²) in [5, 5.41) is 7.83. The first kappa shape index (κ1) is 19.6. The highest BCUT2D eigenvalue weighted by molar-refractivity contribution is 9.10. The molecule has 0 bridgehead atoms. The summed E-state index contributed by atoms with van der Waals surface area (Å²) in [5.74, 6) is -0.226.